The van der Waals surface area contributed by atoms with Crippen LogP contribution in [0.5, 0.6) is 5.75 Å². The maximum Gasteiger partial charge on any atom is 0.168 e. The van der Waals surface area contributed by atoms with Gasteiger partial charge in [0, 0.05) is 22.5 Å². The van der Waals surface area contributed by atoms with Crippen LogP contribution in [0.1, 0.15) is 26.3 Å². The zero-order valence-corrected chi connectivity index (χ0v) is 11.7. The number of nitrogens with two attached hydrogens (primary N) is 1. The van der Waals surface area contributed by atoms with Crippen molar-refractivity contribution in [1.29, 1.82) is 0 Å². The third-order valence-corrected chi connectivity index (χ3v) is 2.78. The molecule has 0 saturated heterocycles. The van der Waals surface area contributed by atoms with Crippen molar-refractivity contribution < 1.29 is 13.5 Å². The average Bonchev–Trinajstić information content (AvgIpc) is 2.41. The molecular formula is C15H19F2NO. The van der Waals surface area contributed by atoms with Crippen LogP contribution in [0, 0.1) is 11.6 Å². The first-order valence-electron chi connectivity index (χ1n) is 6.32. The molecule has 0 saturated carbocycles. The van der Waals surface area contributed by atoms with E-state index >= 15 is 0 Å². The fourth-order valence-electron chi connectivity index (χ4n) is 2.04. The number of anilines is 1. The second-order valence-electron chi connectivity index (χ2n) is 3.83. The first-order valence-corrected chi connectivity index (χ1v) is 6.32. The molecule has 19 heavy (non-hydrogen) atoms. The van der Waals surface area contributed by atoms with Crippen molar-refractivity contribution >= 4 is 16.5 Å². The number of aryl methyl sites for hydroxylation is 1. The summed E-state index contributed by atoms with van der Waals surface area (Å²) in [6.45, 7) is 5.90. The van der Waals surface area contributed by atoms with E-state index in [0.29, 0.717) is 22.9 Å². The number of hydrogen-bond acceptors (Lipinski definition) is 2. The highest BCUT2D eigenvalue weighted by molar-refractivity contribution is 5.94. The van der Waals surface area contributed by atoms with Gasteiger partial charge in [-0.2, -0.15) is 0 Å². The molecule has 2 aromatic carbocycles. The van der Waals surface area contributed by atoms with Gasteiger partial charge in [0.2, 0.25) is 0 Å². The predicted octanol–water partition coefficient (Wildman–Crippen LogP) is 4.30. The maximum atomic E-state index is 13.7. The second-order valence-corrected chi connectivity index (χ2v) is 3.83. The quantitative estimate of drug-likeness (QED) is 0.823. The highest BCUT2D eigenvalue weighted by Crippen LogP contribution is 2.35. The van der Waals surface area contributed by atoms with Crippen LogP contribution in [0.15, 0.2) is 18.2 Å². The molecule has 2 N–H and O–H groups in total. The topological polar surface area (TPSA) is 35.2 Å². The number of halogens is 2. The largest absolute Gasteiger partial charge is 0.493 e. The summed E-state index contributed by atoms with van der Waals surface area (Å²) in [4.78, 5) is 0. The van der Waals surface area contributed by atoms with E-state index in [4.69, 9.17) is 10.5 Å². The van der Waals surface area contributed by atoms with Crippen LogP contribution in [0.2, 0.25) is 0 Å². The minimum absolute atomic E-state index is 0.0678. The van der Waals surface area contributed by atoms with Gasteiger partial charge in [-0.15, -0.1) is 0 Å². The molecule has 0 amide bonds. The highest BCUT2D eigenvalue weighted by Gasteiger charge is 2.16. The van der Waals surface area contributed by atoms with Crippen molar-refractivity contribution in [2.75, 3.05) is 12.8 Å². The summed E-state index contributed by atoms with van der Waals surface area (Å²) in [5, 5.41) is 0.752. The van der Waals surface area contributed by atoms with Crippen LogP contribution in [-0.4, -0.2) is 7.11 Å². The van der Waals surface area contributed by atoms with Crippen LogP contribution >= 0.6 is 0 Å². The van der Waals surface area contributed by atoms with Crippen LogP contribution in [0.25, 0.3) is 10.8 Å². The Morgan fingerprint density at radius 3 is 2.26 bits per heavy atom. The maximum absolute atomic E-state index is 13.7. The molecule has 0 heterocycles. The van der Waals surface area contributed by atoms with Crippen molar-refractivity contribution in [3.05, 3.63) is 35.4 Å². The number of fused-ring (bicyclic) bond motifs is 1. The van der Waals surface area contributed by atoms with Crippen LogP contribution in [0.4, 0.5) is 14.5 Å². The zero-order chi connectivity index (χ0) is 14.6. The van der Waals surface area contributed by atoms with Crippen LogP contribution < -0.4 is 10.5 Å². The summed E-state index contributed by atoms with van der Waals surface area (Å²) in [6.07, 6.45) is 0.626. The van der Waals surface area contributed by atoms with E-state index in [1.807, 2.05) is 20.8 Å². The van der Waals surface area contributed by atoms with E-state index in [2.05, 4.69) is 0 Å². The Morgan fingerprint density at radius 1 is 1.11 bits per heavy atom. The Morgan fingerprint density at radius 2 is 1.74 bits per heavy atom. The minimum Gasteiger partial charge on any atom is -0.493 e. The van der Waals surface area contributed by atoms with Crippen molar-refractivity contribution in [2.24, 2.45) is 0 Å². The molecule has 4 heteroatoms. The summed E-state index contributed by atoms with van der Waals surface area (Å²) in [5.74, 6) is -1.25. The molecule has 2 nitrogen and oxygen atoms in total. The van der Waals surface area contributed by atoms with Gasteiger partial charge in [0.15, 0.2) is 11.6 Å². The summed E-state index contributed by atoms with van der Waals surface area (Å²) in [5.41, 5.74) is 6.93. The Hall–Kier alpha value is -1.84. The number of nitrogen functional groups attached to an aromatic ring is 1. The molecule has 0 unspecified atom stereocenters. The molecule has 0 spiro atoms. The Labute approximate surface area is 112 Å². The second kappa shape index (κ2) is 6.36. The fourth-order valence-corrected chi connectivity index (χ4v) is 2.04. The van der Waals surface area contributed by atoms with Gasteiger partial charge < -0.3 is 10.5 Å². The van der Waals surface area contributed by atoms with E-state index in [-0.39, 0.29) is 5.75 Å². The van der Waals surface area contributed by atoms with E-state index in [9.17, 15) is 8.78 Å². The Balaban J connectivity index is 0.000000861. The van der Waals surface area contributed by atoms with E-state index in [1.165, 1.54) is 13.2 Å². The summed E-state index contributed by atoms with van der Waals surface area (Å²) in [6, 6.07) is 4.02. The summed E-state index contributed by atoms with van der Waals surface area (Å²) < 4.78 is 32.3. The molecule has 2 aromatic rings. The lowest BCUT2D eigenvalue weighted by Crippen LogP contribution is -1.98. The molecule has 0 radical (unpaired) electrons. The molecule has 0 fully saturated rings. The SMILES string of the molecule is CC.CCc1cc(N)cc2c(F)cc(F)c(OC)c12. The molecule has 0 bridgehead atoms. The van der Waals surface area contributed by atoms with E-state index in [1.54, 1.807) is 6.07 Å². The van der Waals surface area contributed by atoms with Crippen molar-refractivity contribution in [3.63, 3.8) is 0 Å². The molecule has 0 aliphatic rings. The summed E-state index contributed by atoms with van der Waals surface area (Å²) in [7, 11) is 1.37. The van der Waals surface area contributed by atoms with E-state index < -0.39 is 11.6 Å². The van der Waals surface area contributed by atoms with Gasteiger partial charge in [0.1, 0.15) is 5.82 Å². The van der Waals surface area contributed by atoms with Crippen molar-refractivity contribution in [1.82, 2.24) is 0 Å². The van der Waals surface area contributed by atoms with Crippen LogP contribution in [0.3, 0.4) is 0 Å². The van der Waals surface area contributed by atoms with Gasteiger partial charge in [-0.25, -0.2) is 8.78 Å². The lowest BCUT2D eigenvalue weighted by Gasteiger charge is -2.12. The van der Waals surface area contributed by atoms with Crippen LogP contribution in [-0.2, 0) is 6.42 Å². The normalized spacial score (nSPS) is 10.0. The van der Waals surface area contributed by atoms with Gasteiger partial charge in [0.25, 0.3) is 0 Å². The average molecular weight is 267 g/mol. The van der Waals surface area contributed by atoms with Gasteiger partial charge in [-0.3, -0.25) is 0 Å². The number of hydrogen-bond donors (Lipinski definition) is 1. The molecule has 104 valence electrons. The van der Waals surface area contributed by atoms with Gasteiger partial charge in [0.05, 0.1) is 7.11 Å². The number of benzene rings is 2. The minimum atomic E-state index is -0.697. The molecule has 0 atom stereocenters. The first-order chi connectivity index (χ1) is 9.08. The molecular weight excluding hydrogens is 248 g/mol. The van der Waals surface area contributed by atoms with Crippen molar-refractivity contribution in [3.8, 4) is 5.75 Å². The van der Waals surface area contributed by atoms with Gasteiger partial charge in [-0.1, -0.05) is 20.8 Å². The lowest BCUT2D eigenvalue weighted by molar-refractivity contribution is 0.390. The number of methoxy groups -OCH3 is 1. The number of ether oxygens (including phenoxy) is 1. The fraction of sp³-hybridized carbons (Fsp3) is 0.333. The predicted molar refractivity (Wildman–Crippen MR) is 75.6 cm³/mol. The molecule has 0 aliphatic carbocycles. The zero-order valence-electron chi connectivity index (χ0n) is 11.7. The lowest BCUT2D eigenvalue weighted by atomic mass is 10.00. The smallest absolute Gasteiger partial charge is 0.168 e. The summed E-state index contributed by atoms with van der Waals surface area (Å²) >= 11 is 0. The molecule has 0 aliphatic heterocycles. The van der Waals surface area contributed by atoms with Gasteiger partial charge in [-0.05, 0) is 24.1 Å². The van der Waals surface area contributed by atoms with E-state index in [0.717, 1.165) is 11.6 Å². The standard InChI is InChI=1S/C13H13F2NO.C2H6/c1-3-7-4-8(16)5-9-10(14)6-11(15)13(17-2)12(7)9;1-2/h4-6H,3,16H2,1-2H3;1-2H3. The monoisotopic (exact) mass is 267 g/mol. The third-order valence-electron chi connectivity index (χ3n) is 2.78. The van der Waals surface area contributed by atoms with Gasteiger partial charge >= 0.3 is 0 Å². The highest BCUT2D eigenvalue weighted by atomic mass is 19.1. The molecule has 2 rings (SSSR count). The first kappa shape index (κ1) is 15.2. The Kier molecular flexibility index (Phi) is 5.10. The third kappa shape index (κ3) is 2.78. The molecule has 0 aromatic heterocycles. The van der Waals surface area contributed by atoms with Crippen molar-refractivity contribution in [2.45, 2.75) is 27.2 Å². The number of rotatable bonds is 2. The Bertz CT molecular complexity index is 582.